The second-order valence-corrected chi connectivity index (χ2v) is 8.52. The van der Waals surface area contributed by atoms with Gasteiger partial charge in [0.15, 0.2) is 0 Å². The molecule has 0 saturated carbocycles. The molecule has 0 aliphatic rings. The Morgan fingerprint density at radius 2 is 1.41 bits per heavy atom. The Kier molecular flexibility index (Phi) is 6.36. The van der Waals surface area contributed by atoms with Gasteiger partial charge in [-0.05, 0) is 39.7 Å². The molecule has 0 fully saturated rings. The topological polar surface area (TPSA) is 32.3 Å². The molecule has 0 saturated heterocycles. The SMILES string of the molecule is C[C@H](NCPc1ccccc1-c1cccc2ccccc12)[C@H](O)c1ccccc1. The fourth-order valence-corrected chi connectivity index (χ4v) is 4.93. The quantitative estimate of drug-likeness (QED) is 0.403. The minimum absolute atomic E-state index is 0.00498. The number of benzene rings is 4. The molecule has 29 heavy (non-hydrogen) atoms. The summed E-state index contributed by atoms with van der Waals surface area (Å²) in [6, 6.07) is 33.6. The molecular weight excluding hydrogens is 373 g/mol. The average Bonchev–Trinajstić information content (AvgIpc) is 2.79. The standard InChI is InChI=1S/C26H26NOP/c1-19(26(28)21-11-3-2-4-12-21)27-18-29-25-17-8-7-15-24(25)23-16-9-13-20-10-5-6-14-22(20)23/h2-17,19,26-29H,18H2,1H3/t19-,26-/m0/s1. The minimum Gasteiger partial charge on any atom is -0.387 e. The second-order valence-electron chi connectivity index (χ2n) is 7.27. The summed E-state index contributed by atoms with van der Waals surface area (Å²) in [6.45, 7) is 2.04. The lowest BCUT2D eigenvalue weighted by molar-refractivity contribution is 0.139. The number of hydrogen-bond donors (Lipinski definition) is 2. The average molecular weight is 399 g/mol. The maximum atomic E-state index is 10.6. The minimum atomic E-state index is -0.505. The number of nitrogens with one attached hydrogen (secondary N) is 1. The van der Waals surface area contributed by atoms with Crippen LogP contribution in [-0.2, 0) is 0 Å². The van der Waals surface area contributed by atoms with Gasteiger partial charge in [0.25, 0.3) is 0 Å². The van der Waals surface area contributed by atoms with E-state index < -0.39 is 6.10 Å². The summed E-state index contributed by atoms with van der Waals surface area (Å²) < 4.78 is 0. The van der Waals surface area contributed by atoms with Crippen molar-refractivity contribution in [3.8, 4) is 11.1 Å². The van der Waals surface area contributed by atoms with E-state index in [1.165, 1.54) is 27.2 Å². The first kappa shape index (κ1) is 19.8. The van der Waals surface area contributed by atoms with Crippen molar-refractivity contribution < 1.29 is 5.11 Å². The molecule has 0 aromatic heterocycles. The Bertz CT molecular complexity index is 1070. The van der Waals surface area contributed by atoms with Crippen LogP contribution in [0.15, 0.2) is 97.1 Å². The maximum absolute atomic E-state index is 10.6. The van der Waals surface area contributed by atoms with Gasteiger partial charge in [-0.1, -0.05) is 106 Å². The molecule has 4 rings (SSSR count). The molecule has 0 spiro atoms. The Morgan fingerprint density at radius 1 is 0.759 bits per heavy atom. The lowest BCUT2D eigenvalue weighted by Gasteiger charge is -2.21. The first-order valence-corrected chi connectivity index (χ1v) is 11.2. The predicted octanol–water partition coefficient (Wildman–Crippen LogP) is 5.48. The number of aliphatic hydroxyl groups is 1. The van der Waals surface area contributed by atoms with Crippen LogP contribution in [0, 0.1) is 0 Å². The van der Waals surface area contributed by atoms with Gasteiger partial charge in [-0.3, -0.25) is 0 Å². The third kappa shape index (κ3) is 4.57. The van der Waals surface area contributed by atoms with Gasteiger partial charge in [0.2, 0.25) is 0 Å². The summed E-state index contributed by atoms with van der Waals surface area (Å²) >= 11 is 0. The molecule has 0 amide bonds. The van der Waals surface area contributed by atoms with Gasteiger partial charge < -0.3 is 10.4 Å². The first-order chi connectivity index (χ1) is 14.2. The zero-order valence-electron chi connectivity index (χ0n) is 16.5. The van der Waals surface area contributed by atoms with Crippen LogP contribution in [0.2, 0.25) is 0 Å². The highest BCUT2D eigenvalue weighted by Gasteiger charge is 2.15. The van der Waals surface area contributed by atoms with E-state index in [-0.39, 0.29) is 6.04 Å². The molecule has 0 bridgehead atoms. The van der Waals surface area contributed by atoms with E-state index in [0.29, 0.717) is 8.58 Å². The molecule has 0 aliphatic carbocycles. The molecular formula is C26H26NOP. The molecule has 2 N–H and O–H groups in total. The highest BCUT2D eigenvalue weighted by Crippen LogP contribution is 2.30. The maximum Gasteiger partial charge on any atom is 0.0940 e. The van der Waals surface area contributed by atoms with Crippen molar-refractivity contribution in [2.45, 2.75) is 19.1 Å². The van der Waals surface area contributed by atoms with Crippen LogP contribution in [0.5, 0.6) is 0 Å². The highest BCUT2D eigenvalue weighted by molar-refractivity contribution is 7.47. The Balaban J connectivity index is 1.49. The van der Waals surface area contributed by atoms with Crippen LogP contribution >= 0.6 is 8.58 Å². The Hall–Kier alpha value is -2.51. The third-order valence-electron chi connectivity index (χ3n) is 5.32. The van der Waals surface area contributed by atoms with Crippen molar-refractivity contribution in [1.82, 2.24) is 5.32 Å². The molecule has 4 aromatic carbocycles. The van der Waals surface area contributed by atoms with E-state index in [1.807, 2.05) is 37.3 Å². The van der Waals surface area contributed by atoms with Crippen LogP contribution < -0.4 is 10.6 Å². The summed E-state index contributed by atoms with van der Waals surface area (Å²) in [5, 5.41) is 18.0. The van der Waals surface area contributed by atoms with E-state index >= 15 is 0 Å². The van der Waals surface area contributed by atoms with Gasteiger partial charge in [0.1, 0.15) is 0 Å². The number of aliphatic hydroxyl groups excluding tert-OH is 1. The third-order valence-corrected chi connectivity index (χ3v) is 6.52. The molecule has 0 heterocycles. The van der Waals surface area contributed by atoms with E-state index in [2.05, 4.69) is 72.0 Å². The highest BCUT2D eigenvalue weighted by atomic mass is 31.1. The van der Waals surface area contributed by atoms with Gasteiger partial charge in [-0.15, -0.1) is 0 Å². The van der Waals surface area contributed by atoms with Crippen LogP contribution in [0.4, 0.5) is 0 Å². The summed E-state index contributed by atoms with van der Waals surface area (Å²) in [5.41, 5.74) is 3.52. The van der Waals surface area contributed by atoms with E-state index in [0.717, 1.165) is 11.8 Å². The monoisotopic (exact) mass is 399 g/mol. The molecule has 146 valence electrons. The smallest absolute Gasteiger partial charge is 0.0940 e. The van der Waals surface area contributed by atoms with Gasteiger partial charge in [-0.25, -0.2) is 0 Å². The number of rotatable bonds is 7. The molecule has 2 nitrogen and oxygen atoms in total. The Labute approximate surface area is 174 Å². The van der Waals surface area contributed by atoms with Gasteiger partial charge in [-0.2, -0.15) is 0 Å². The zero-order valence-corrected chi connectivity index (χ0v) is 17.5. The van der Waals surface area contributed by atoms with Crippen molar-refractivity contribution in [2.75, 3.05) is 6.29 Å². The van der Waals surface area contributed by atoms with Crippen molar-refractivity contribution >= 4 is 24.7 Å². The summed E-state index contributed by atoms with van der Waals surface area (Å²) in [5.74, 6) is 0. The van der Waals surface area contributed by atoms with Crippen LogP contribution in [0.25, 0.3) is 21.9 Å². The van der Waals surface area contributed by atoms with Crippen molar-refractivity contribution in [3.63, 3.8) is 0 Å². The molecule has 4 aromatic rings. The van der Waals surface area contributed by atoms with Gasteiger partial charge in [0.05, 0.1) is 6.10 Å². The molecule has 3 atom stereocenters. The fraction of sp³-hybridized carbons (Fsp3) is 0.154. The fourth-order valence-electron chi connectivity index (χ4n) is 3.69. The molecule has 3 heteroatoms. The van der Waals surface area contributed by atoms with Gasteiger partial charge >= 0.3 is 0 Å². The van der Waals surface area contributed by atoms with Crippen LogP contribution in [0.3, 0.4) is 0 Å². The lowest BCUT2D eigenvalue weighted by Crippen LogP contribution is -2.32. The van der Waals surface area contributed by atoms with Crippen molar-refractivity contribution in [1.29, 1.82) is 0 Å². The zero-order chi connectivity index (χ0) is 20.1. The summed E-state index contributed by atoms with van der Waals surface area (Å²) in [7, 11) is 0.621. The predicted molar refractivity (Wildman–Crippen MR) is 126 cm³/mol. The molecule has 0 radical (unpaired) electrons. The number of fused-ring (bicyclic) bond motifs is 1. The lowest BCUT2D eigenvalue weighted by atomic mass is 9.98. The van der Waals surface area contributed by atoms with Gasteiger partial charge in [0, 0.05) is 12.3 Å². The van der Waals surface area contributed by atoms with E-state index in [4.69, 9.17) is 0 Å². The van der Waals surface area contributed by atoms with Crippen molar-refractivity contribution in [2.24, 2.45) is 0 Å². The van der Waals surface area contributed by atoms with Crippen LogP contribution in [-0.4, -0.2) is 17.4 Å². The Morgan fingerprint density at radius 3 is 2.28 bits per heavy atom. The summed E-state index contributed by atoms with van der Waals surface area (Å²) in [4.78, 5) is 0. The number of hydrogen-bond acceptors (Lipinski definition) is 2. The summed E-state index contributed by atoms with van der Waals surface area (Å²) in [6.07, 6.45) is 0.335. The second kappa shape index (κ2) is 9.33. The van der Waals surface area contributed by atoms with Crippen LogP contribution in [0.1, 0.15) is 18.6 Å². The first-order valence-electron chi connectivity index (χ1n) is 10.0. The van der Waals surface area contributed by atoms with E-state index in [9.17, 15) is 5.11 Å². The molecule has 0 aliphatic heterocycles. The van der Waals surface area contributed by atoms with E-state index in [1.54, 1.807) is 0 Å². The molecule has 1 unspecified atom stereocenters. The largest absolute Gasteiger partial charge is 0.387 e. The normalized spacial score (nSPS) is 13.7. The van der Waals surface area contributed by atoms with Crippen molar-refractivity contribution in [3.05, 3.63) is 103 Å².